The highest BCUT2D eigenvalue weighted by Crippen LogP contribution is 2.24. The fourth-order valence-electron chi connectivity index (χ4n) is 1.98. The lowest BCUT2D eigenvalue weighted by molar-refractivity contribution is -0.193. The molecule has 3 aromatic rings. The summed E-state index contributed by atoms with van der Waals surface area (Å²) in [5.41, 5.74) is -0.794. The summed E-state index contributed by atoms with van der Waals surface area (Å²) < 4.78 is 53.4. The fraction of sp³-hybridized carbons (Fsp3) is 0.0714. The first-order chi connectivity index (χ1) is 11.8. The Hall–Kier alpha value is -3.37. The fourth-order valence-corrected chi connectivity index (χ4v) is 1.98. The molecular weight excluding hydrogens is 348 g/mol. The molecule has 2 heterocycles. The summed E-state index contributed by atoms with van der Waals surface area (Å²) >= 11 is 0. The van der Waals surface area contributed by atoms with E-state index in [9.17, 15) is 27.2 Å². The van der Waals surface area contributed by atoms with Gasteiger partial charge in [-0.05, 0) is 23.6 Å². The van der Waals surface area contributed by atoms with Gasteiger partial charge in [0.15, 0.2) is 5.69 Å². The van der Waals surface area contributed by atoms with Crippen LogP contribution in [0.5, 0.6) is 0 Å². The largest absolute Gasteiger partial charge is 0.491 e. The summed E-state index contributed by atoms with van der Waals surface area (Å²) in [6, 6.07) is 5.30. The average Bonchev–Trinajstić information content (AvgIpc) is 3.03. The van der Waals surface area contributed by atoms with Crippen LogP contribution in [0.3, 0.4) is 0 Å². The molecule has 0 aliphatic carbocycles. The number of nitrogens with zero attached hydrogens (tertiary/aromatic N) is 3. The third-order valence-corrected chi connectivity index (χ3v) is 3.08. The zero-order chi connectivity index (χ0) is 18.2. The standard InChI is InChI=1S/C14H6F4N4O3/c15-8-2-1-6-4-9(19-5-7(6)3-8)10-11(21-22-20-10)12(23)25-13(24)14(16,17)18/h1-5H,(H,20,21,22). The number of H-pyrrole nitrogens is 1. The first-order valence-electron chi connectivity index (χ1n) is 6.55. The molecule has 2 aromatic heterocycles. The monoisotopic (exact) mass is 354 g/mol. The first-order valence-corrected chi connectivity index (χ1v) is 6.55. The maximum absolute atomic E-state index is 13.2. The Labute approximate surface area is 135 Å². The number of benzene rings is 1. The van der Waals surface area contributed by atoms with Crippen molar-refractivity contribution in [2.75, 3.05) is 0 Å². The highest BCUT2D eigenvalue weighted by atomic mass is 19.4. The molecule has 25 heavy (non-hydrogen) atoms. The van der Waals surface area contributed by atoms with Crippen LogP contribution in [0, 0.1) is 5.82 Å². The predicted molar refractivity (Wildman–Crippen MR) is 73.6 cm³/mol. The SMILES string of the molecule is O=C(OC(=O)C(F)(F)F)c1n[nH]nc1-c1cc2ccc(F)cc2cn1. The summed E-state index contributed by atoms with van der Waals surface area (Å²) in [6.45, 7) is 0. The van der Waals surface area contributed by atoms with E-state index >= 15 is 0 Å². The molecular formula is C14H6F4N4O3. The van der Waals surface area contributed by atoms with Crippen molar-refractivity contribution in [2.45, 2.75) is 6.18 Å². The van der Waals surface area contributed by atoms with Crippen molar-refractivity contribution in [2.24, 2.45) is 0 Å². The number of carbonyl (C=O) groups is 2. The van der Waals surface area contributed by atoms with Crippen LogP contribution >= 0.6 is 0 Å². The predicted octanol–water partition coefficient (Wildman–Crippen LogP) is 2.40. The third kappa shape index (κ3) is 3.29. The molecule has 7 nitrogen and oxygen atoms in total. The van der Waals surface area contributed by atoms with Crippen molar-refractivity contribution >= 4 is 22.7 Å². The van der Waals surface area contributed by atoms with Crippen molar-refractivity contribution in [3.63, 3.8) is 0 Å². The van der Waals surface area contributed by atoms with Gasteiger partial charge in [-0.3, -0.25) is 4.98 Å². The summed E-state index contributed by atoms with van der Waals surface area (Å²) in [5, 5.41) is 10.1. The molecule has 128 valence electrons. The molecule has 0 amide bonds. The molecule has 0 saturated carbocycles. The van der Waals surface area contributed by atoms with Gasteiger partial charge in [0.05, 0.1) is 5.69 Å². The van der Waals surface area contributed by atoms with Crippen LogP contribution in [-0.4, -0.2) is 38.5 Å². The van der Waals surface area contributed by atoms with E-state index in [0.717, 1.165) is 0 Å². The zero-order valence-corrected chi connectivity index (χ0v) is 12.0. The molecule has 0 saturated heterocycles. The number of halogens is 4. The third-order valence-electron chi connectivity index (χ3n) is 3.08. The lowest BCUT2D eigenvalue weighted by Crippen LogP contribution is -2.28. The van der Waals surface area contributed by atoms with Gasteiger partial charge in [0.2, 0.25) is 0 Å². The molecule has 0 bridgehead atoms. The molecule has 0 aliphatic rings. The quantitative estimate of drug-likeness (QED) is 0.431. The number of aromatic nitrogens is 4. The molecule has 11 heteroatoms. The van der Waals surface area contributed by atoms with E-state index in [-0.39, 0.29) is 11.4 Å². The van der Waals surface area contributed by atoms with E-state index in [4.69, 9.17) is 0 Å². The number of esters is 2. The van der Waals surface area contributed by atoms with Gasteiger partial charge in [0, 0.05) is 11.6 Å². The number of hydrogen-bond donors (Lipinski definition) is 1. The summed E-state index contributed by atoms with van der Waals surface area (Å²) in [5.74, 6) is -4.78. The number of hydrogen-bond acceptors (Lipinski definition) is 6. The average molecular weight is 354 g/mol. The number of pyridine rings is 1. The molecule has 0 atom stereocenters. The highest BCUT2D eigenvalue weighted by molar-refractivity contribution is 6.00. The maximum atomic E-state index is 13.2. The Morgan fingerprint density at radius 1 is 1.08 bits per heavy atom. The Morgan fingerprint density at radius 3 is 2.56 bits per heavy atom. The lowest BCUT2D eigenvalue weighted by atomic mass is 10.1. The van der Waals surface area contributed by atoms with E-state index in [1.165, 1.54) is 30.5 Å². The molecule has 0 fully saturated rings. The van der Waals surface area contributed by atoms with Crippen LogP contribution < -0.4 is 0 Å². The number of alkyl halides is 3. The molecule has 0 radical (unpaired) electrons. The van der Waals surface area contributed by atoms with Crippen LogP contribution in [0.1, 0.15) is 10.5 Å². The Kier molecular flexibility index (Phi) is 3.91. The van der Waals surface area contributed by atoms with Crippen LogP contribution in [0.25, 0.3) is 22.2 Å². The van der Waals surface area contributed by atoms with E-state index in [0.29, 0.717) is 10.8 Å². The van der Waals surface area contributed by atoms with Gasteiger partial charge in [0.1, 0.15) is 11.5 Å². The summed E-state index contributed by atoms with van der Waals surface area (Å²) in [6.07, 6.45) is -4.04. The van der Waals surface area contributed by atoms with Crippen molar-refractivity contribution < 1.29 is 31.9 Å². The minimum Gasteiger partial charge on any atom is -0.381 e. The first kappa shape index (κ1) is 16.5. The second-order valence-corrected chi connectivity index (χ2v) is 4.76. The van der Waals surface area contributed by atoms with Crippen molar-refractivity contribution in [3.8, 4) is 11.4 Å². The van der Waals surface area contributed by atoms with Gasteiger partial charge in [0.25, 0.3) is 0 Å². The van der Waals surface area contributed by atoms with E-state index in [2.05, 4.69) is 25.1 Å². The number of rotatable bonds is 2. The van der Waals surface area contributed by atoms with Gasteiger partial charge < -0.3 is 4.74 Å². The molecule has 3 rings (SSSR count). The van der Waals surface area contributed by atoms with E-state index in [1.54, 1.807) is 0 Å². The van der Waals surface area contributed by atoms with Gasteiger partial charge in [-0.15, -0.1) is 5.10 Å². The second-order valence-electron chi connectivity index (χ2n) is 4.76. The normalized spacial score (nSPS) is 11.5. The number of aromatic amines is 1. The van der Waals surface area contributed by atoms with Crippen LogP contribution in [0.4, 0.5) is 17.6 Å². The molecule has 1 aromatic carbocycles. The van der Waals surface area contributed by atoms with Gasteiger partial charge >= 0.3 is 18.1 Å². The molecule has 0 spiro atoms. The lowest BCUT2D eigenvalue weighted by Gasteiger charge is -2.05. The van der Waals surface area contributed by atoms with Gasteiger partial charge in [-0.2, -0.15) is 23.5 Å². The number of nitrogens with one attached hydrogen (secondary N) is 1. The Morgan fingerprint density at radius 2 is 1.84 bits per heavy atom. The molecule has 0 aliphatic heterocycles. The van der Waals surface area contributed by atoms with Crippen LogP contribution in [0.2, 0.25) is 0 Å². The highest BCUT2D eigenvalue weighted by Gasteiger charge is 2.43. The van der Waals surface area contributed by atoms with Crippen LogP contribution in [-0.2, 0) is 9.53 Å². The molecule has 1 N–H and O–H groups in total. The minimum atomic E-state index is -5.33. The number of fused-ring (bicyclic) bond motifs is 1. The van der Waals surface area contributed by atoms with Crippen molar-refractivity contribution in [3.05, 3.63) is 42.0 Å². The minimum absolute atomic E-state index is 0.0688. The van der Waals surface area contributed by atoms with E-state index < -0.39 is 29.6 Å². The zero-order valence-electron chi connectivity index (χ0n) is 12.0. The smallest absolute Gasteiger partial charge is 0.381 e. The Balaban J connectivity index is 1.95. The maximum Gasteiger partial charge on any atom is 0.491 e. The topological polar surface area (TPSA) is 97.8 Å². The van der Waals surface area contributed by atoms with Crippen molar-refractivity contribution in [1.82, 2.24) is 20.4 Å². The number of ether oxygens (including phenoxy) is 1. The van der Waals surface area contributed by atoms with E-state index in [1.807, 2.05) is 0 Å². The number of carbonyl (C=O) groups excluding carboxylic acids is 2. The van der Waals surface area contributed by atoms with Crippen LogP contribution in [0.15, 0.2) is 30.5 Å². The van der Waals surface area contributed by atoms with Gasteiger partial charge in [-0.1, -0.05) is 6.07 Å². The summed E-state index contributed by atoms with van der Waals surface area (Å²) in [7, 11) is 0. The van der Waals surface area contributed by atoms with Crippen molar-refractivity contribution in [1.29, 1.82) is 0 Å². The second kappa shape index (κ2) is 5.92. The van der Waals surface area contributed by atoms with Gasteiger partial charge in [-0.25, -0.2) is 14.0 Å². The Bertz CT molecular complexity index is 984. The molecule has 0 unspecified atom stereocenters. The summed E-state index contributed by atoms with van der Waals surface area (Å²) in [4.78, 5) is 26.4.